The number of carbonyl (C=O) groups excluding carboxylic acids is 2. The SMILES string of the molecule is CCC(=O)N(c1ccccc1)C1(C(N)=O)CCN(C)CC1. The zero-order valence-electron chi connectivity index (χ0n) is 12.7. The molecule has 0 unspecified atom stereocenters. The summed E-state index contributed by atoms with van der Waals surface area (Å²) in [6, 6.07) is 9.35. The maximum atomic E-state index is 12.5. The van der Waals surface area contributed by atoms with E-state index in [2.05, 4.69) is 4.90 Å². The van der Waals surface area contributed by atoms with Gasteiger partial charge in [0.2, 0.25) is 11.8 Å². The monoisotopic (exact) mass is 289 g/mol. The van der Waals surface area contributed by atoms with Crippen molar-refractivity contribution in [3.05, 3.63) is 30.3 Å². The highest BCUT2D eigenvalue weighted by molar-refractivity contribution is 6.03. The van der Waals surface area contributed by atoms with Gasteiger partial charge in [-0.3, -0.25) is 14.5 Å². The smallest absolute Gasteiger partial charge is 0.243 e. The molecule has 1 fully saturated rings. The molecule has 1 heterocycles. The lowest BCUT2D eigenvalue weighted by atomic mass is 9.84. The van der Waals surface area contributed by atoms with Crippen molar-refractivity contribution in [3.8, 4) is 0 Å². The Hall–Kier alpha value is -1.88. The van der Waals surface area contributed by atoms with Crippen LogP contribution in [0.1, 0.15) is 26.2 Å². The van der Waals surface area contributed by atoms with Crippen LogP contribution in [0.3, 0.4) is 0 Å². The molecule has 0 saturated carbocycles. The third kappa shape index (κ3) is 2.93. The largest absolute Gasteiger partial charge is 0.368 e. The maximum Gasteiger partial charge on any atom is 0.243 e. The van der Waals surface area contributed by atoms with Crippen LogP contribution >= 0.6 is 0 Å². The third-order valence-corrected chi connectivity index (χ3v) is 4.27. The fourth-order valence-electron chi connectivity index (χ4n) is 2.93. The van der Waals surface area contributed by atoms with Crippen molar-refractivity contribution >= 4 is 17.5 Å². The van der Waals surface area contributed by atoms with E-state index in [9.17, 15) is 9.59 Å². The summed E-state index contributed by atoms with van der Waals surface area (Å²) in [5, 5.41) is 0. The molecule has 2 rings (SSSR count). The molecule has 1 aromatic carbocycles. The van der Waals surface area contributed by atoms with Gasteiger partial charge in [0.1, 0.15) is 5.54 Å². The van der Waals surface area contributed by atoms with E-state index in [1.807, 2.05) is 44.3 Å². The Morgan fingerprint density at radius 3 is 2.29 bits per heavy atom. The van der Waals surface area contributed by atoms with Crippen LogP contribution in [-0.4, -0.2) is 42.4 Å². The minimum absolute atomic E-state index is 0.0652. The molecular formula is C16H23N3O2. The first kappa shape index (κ1) is 15.5. The van der Waals surface area contributed by atoms with E-state index in [0.29, 0.717) is 19.3 Å². The second-order valence-electron chi connectivity index (χ2n) is 5.62. The van der Waals surface area contributed by atoms with Crippen molar-refractivity contribution in [2.75, 3.05) is 25.0 Å². The number of rotatable bonds is 4. The molecule has 0 radical (unpaired) electrons. The molecule has 1 aliphatic rings. The summed E-state index contributed by atoms with van der Waals surface area (Å²) >= 11 is 0. The van der Waals surface area contributed by atoms with Gasteiger partial charge in [-0.05, 0) is 32.0 Å². The number of likely N-dealkylation sites (tertiary alicyclic amines) is 1. The highest BCUT2D eigenvalue weighted by Crippen LogP contribution is 2.33. The Balaban J connectivity index is 2.46. The lowest BCUT2D eigenvalue weighted by Crippen LogP contribution is -2.64. The topological polar surface area (TPSA) is 66.6 Å². The normalized spacial score (nSPS) is 18.2. The van der Waals surface area contributed by atoms with Crippen molar-refractivity contribution in [1.29, 1.82) is 0 Å². The van der Waals surface area contributed by atoms with Crippen LogP contribution in [0.2, 0.25) is 0 Å². The summed E-state index contributed by atoms with van der Waals surface area (Å²) < 4.78 is 0. The van der Waals surface area contributed by atoms with Gasteiger partial charge in [-0.2, -0.15) is 0 Å². The number of anilines is 1. The highest BCUT2D eigenvalue weighted by Gasteiger charge is 2.47. The Kier molecular flexibility index (Phi) is 4.63. The first-order chi connectivity index (χ1) is 10.0. The number of amides is 2. The molecular weight excluding hydrogens is 266 g/mol. The summed E-state index contributed by atoms with van der Waals surface area (Å²) in [5.74, 6) is -0.481. The first-order valence-electron chi connectivity index (χ1n) is 7.38. The molecule has 1 aromatic rings. The standard InChI is InChI=1S/C16H23N3O2/c1-3-14(20)19(13-7-5-4-6-8-13)16(15(17)21)9-11-18(2)12-10-16/h4-8H,3,9-12H2,1-2H3,(H2,17,21). The average molecular weight is 289 g/mol. The van der Waals surface area contributed by atoms with Gasteiger partial charge in [0.25, 0.3) is 0 Å². The predicted octanol–water partition coefficient (Wildman–Crippen LogP) is 1.38. The molecule has 2 N–H and O–H groups in total. The summed E-state index contributed by atoms with van der Waals surface area (Å²) in [4.78, 5) is 28.5. The van der Waals surface area contributed by atoms with Crippen LogP contribution in [0.5, 0.6) is 0 Å². The molecule has 1 aliphatic heterocycles. The minimum atomic E-state index is -0.916. The van der Waals surface area contributed by atoms with Crippen LogP contribution in [0.25, 0.3) is 0 Å². The van der Waals surface area contributed by atoms with E-state index >= 15 is 0 Å². The van der Waals surface area contributed by atoms with Gasteiger partial charge in [0.05, 0.1) is 0 Å². The van der Waals surface area contributed by atoms with Crippen LogP contribution in [-0.2, 0) is 9.59 Å². The average Bonchev–Trinajstić information content (AvgIpc) is 2.50. The minimum Gasteiger partial charge on any atom is -0.368 e. The Morgan fingerprint density at radius 2 is 1.81 bits per heavy atom. The van der Waals surface area contributed by atoms with E-state index in [-0.39, 0.29) is 5.91 Å². The fourth-order valence-corrected chi connectivity index (χ4v) is 2.93. The van der Waals surface area contributed by atoms with Crippen molar-refractivity contribution < 1.29 is 9.59 Å². The third-order valence-electron chi connectivity index (χ3n) is 4.27. The summed E-state index contributed by atoms with van der Waals surface area (Å²) in [6.45, 7) is 3.31. The summed E-state index contributed by atoms with van der Waals surface area (Å²) in [6.07, 6.45) is 1.48. The van der Waals surface area contributed by atoms with Gasteiger partial charge in [-0.1, -0.05) is 25.1 Å². The highest BCUT2D eigenvalue weighted by atomic mass is 16.2. The molecule has 1 saturated heterocycles. The molecule has 114 valence electrons. The van der Waals surface area contributed by atoms with E-state index < -0.39 is 11.4 Å². The van der Waals surface area contributed by atoms with Crippen molar-refractivity contribution in [1.82, 2.24) is 4.90 Å². The van der Waals surface area contributed by atoms with Gasteiger partial charge in [0, 0.05) is 25.2 Å². The molecule has 0 aliphatic carbocycles. The molecule has 0 atom stereocenters. The van der Waals surface area contributed by atoms with Crippen LogP contribution in [0.4, 0.5) is 5.69 Å². The first-order valence-corrected chi connectivity index (χ1v) is 7.38. The summed E-state index contributed by atoms with van der Waals surface area (Å²) in [5.41, 5.74) is 5.55. The zero-order chi connectivity index (χ0) is 15.5. The van der Waals surface area contributed by atoms with Crippen LogP contribution in [0, 0.1) is 0 Å². The number of para-hydroxylation sites is 1. The quantitative estimate of drug-likeness (QED) is 0.910. The molecule has 21 heavy (non-hydrogen) atoms. The number of hydrogen-bond donors (Lipinski definition) is 1. The number of carbonyl (C=O) groups is 2. The van der Waals surface area contributed by atoms with Crippen molar-refractivity contribution in [2.45, 2.75) is 31.7 Å². The van der Waals surface area contributed by atoms with E-state index in [1.165, 1.54) is 0 Å². The second-order valence-corrected chi connectivity index (χ2v) is 5.62. The molecule has 0 aromatic heterocycles. The van der Waals surface area contributed by atoms with Gasteiger partial charge in [-0.25, -0.2) is 0 Å². The molecule has 2 amide bonds. The number of piperidine rings is 1. The lowest BCUT2D eigenvalue weighted by molar-refractivity contribution is -0.129. The van der Waals surface area contributed by atoms with E-state index in [1.54, 1.807) is 4.90 Å². The molecule has 5 heteroatoms. The van der Waals surface area contributed by atoms with E-state index in [0.717, 1.165) is 18.8 Å². The van der Waals surface area contributed by atoms with Gasteiger partial charge in [-0.15, -0.1) is 0 Å². The Bertz CT molecular complexity index is 508. The van der Waals surface area contributed by atoms with Crippen molar-refractivity contribution in [3.63, 3.8) is 0 Å². The van der Waals surface area contributed by atoms with Crippen LogP contribution in [0.15, 0.2) is 30.3 Å². The number of nitrogens with two attached hydrogens (primary N) is 1. The molecule has 0 spiro atoms. The van der Waals surface area contributed by atoms with Gasteiger partial charge < -0.3 is 10.6 Å². The van der Waals surface area contributed by atoms with Gasteiger partial charge >= 0.3 is 0 Å². The number of hydrogen-bond acceptors (Lipinski definition) is 3. The summed E-state index contributed by atoms with van der Waals surface area (Å²) in [7, 11) is 2.01. The Morgan fingerprint density at radius 1 is 1.24 bits per heavy atom. The predicted molar refractivity (Wildman–Crippen MR) is 82.9 cm³/mol. The second kappa shape index (κ2) is 6.26. The van der Waals surface area contributed by atoms with Gasteiger partial charge in [0.15, 0.2) is 0 Å². The Labute approximate surface area is 125 Å². The lowest BCUT2D eigenvalue weighted by Gasteiger charge is -2.46. The van der Waals surface area contributed by atoms with Crippen molar-refractivity contribution in [2.24, 2.45) is 5.73 Å². The number of nitrogens with zero attached hydrogens (tertiary/aromatic N) is 2. The number of primary amides is 1. The number of benzene rings is 1. The maximum absolute atomic E-state index is 12.5. The molecule has 0 bridgehead atoms. The van der Waals surface area contributed by atoms with E-state index in [4.69, 9.17) is 5.73 Å². The van der Waals surface area contributed by atoms with Crippen LogP contribution < -0.4 is 10.6 Å². The fraction of sp³-hybridized carbons (Fsp3) is 0.500. The molecule has 5 nitrogen and oxygen atoms in total. The zero-order valence-corrected chi connectivity index (χ0v) is 12.7.